The van der Waals surface area contributed by atoms with E-state index >= 15 is 0 Å². The van der Waals surface area contributed by atoms with E-state index in [4.69, 9.17) is 23.7 Å². The van der Waals surface area contributed by atoms with Gasteiger partial charge >= 0.3 is 11.8 Å². The maximum atomic E-state index is 14.6. The van der Waals surface area contributed by atoms with E-state index in [0.717, 1.165) is 25.7 Å². The maximum absolute atomic E-state index is 14.6. The molecule has 2 amide bonds. The van der Waals surface area contributed by atoms with Crippen LogP contribution in [0.25, 0.3) is 10.8 Å². The molecule has 342 valence electrons. The van der Waals surface area contributed by atoms with Gasteiger partial charge in [-0.1, -0.05) is 72.6 Å². The zero-order valence-electron chi connectivity index (χ0n) is 37.9. The smallest absolute Gasteiger partial charge is 0.312 e. The second-order valence-corrected chi connectivity index (χ2v) is 16.8. The molecule has 0 aromatic heterocycles. The summed E-state index contributed by atoms with van der Waals surface area (Å²) in [4.78, 5) is 56.0. The number of benzene rings is 2. The number of aliphatic hydroxyl groups excluding tert-OH is 2. The van der Waals surface area contributed by atoms with Crippen LogP contribution in [0.1, 0.15) is 104 Å². The van der Waals surface area contributed by atoms with Crippen molar-refractivity contribution < 1.29 is 63.3 Å². The summed E-state index contributed by atoms with van der Waals surface area (Å²) in [5.41, 5.74) is 0.0239. The zero-order valence-corrected chi connectivity index (χ0v) is 37.9. The number of nitrogens with one attached hydrogen (secondary N) is 1. The average molecular weight is 867 g/mol. The lowest BCUT2D eigenvalue weighted by atomic mass is 9.78. The second-order valence-electron chi connectivity index (χ2n) is 16.8. The highest BCUT2D eigenvalue weighted by molar-refractivity contribution is 6.21. The molecule has 9 unspecified atom stereocenters. The fourth-order valence-electron chi connectivity index (χ4n) is 8.04. The number of ketones is 1. The molecular formula is C47H66N2O13. The molecular weight excluding hydrogens is 801 g/mol. The Balaban J connectivity index is 1.93. The number of nitrogens with zero attached hydrogens (tertiary/aromatic N) is 1. The zero-order chi connectivity index (χ0) is 46.2. The molecule has 3 heterocycles. The number of fused-ring (bicyclic) bond motifs is 14. The summed E-state index contributed by atoms with van der Waals surface area (Å²) in [6.45, 7) is 17.3. The highest BCUT2D eigenvalue weighted by Gasteiger charge is 2.50. The Bertz CT molecular complexity index is 2050. The topological polar surface area (TPSA) is 211 Å². The van der Waals surface area contributed by atoms with E-state index < -0.39 is 89.6 Å². The Morgan fingerprint density at radius 2 is 1.56 bits per heavy atom. The van der Waals surface area contributed by atoms with Crippen molar-refractivity contribution in [2.45, 2.75) is 125 Å². The lowest BCUT2D eigenvalue weighted by molar-refractivity contribution is -0.160. The third-order valence-corrected chi connectivity index (χ3v) is 12.1. The number of carbonyl (C=O) groups is 4. The van der Waals surface area contributed by atoms with Crippen molar-refractivity contribution >= 4 is 40.0 Å². The van der Waals surface area contributed by atoms with Gasteiger partial charge in [-0.15, -0.1) is 0 Å². The molecule has 0 radical (unpaired) electrons. The normalized spacial score (nSPS) is 28.1. The van der Waals surface area contributed by atoms with Crippen LogP contribution in [-0.4, -0.2) is 106 Å². The number of ether oxygens (including phenoxy) is 5. The van der Waals surface area contributed by atoms with Crippen molar-refractivity contribution in [2.75, 3.05) is 32.1 Å². The van der Waals surface area contributed by atoms with Crippen LogP contribution >= 0.6 is 0 Å². The predicted molar refractivity (Wildman–Crippen MR) is 234 cm³/mol. The Morgan fingerprint density at radius 3 is 2.16 bits per heavy atom. The molecule has 0 fully saturated rings. The molecule has 5 bridgehead atoms. The fourth-order valence-corrected chi connectivity index (χ4v) is 8.04. The number of unbranched alkanes of at least 4 members (excludes halogenated alkanes) is 2. The minimum Gasteiger partial charge on any atom is -0.507 e. The Kier molecular flexibility index (Phi) is 17.0. The molecule has 0 saturated heterocycles. The molecule has 5 rings (SSSR count). The van der Waals surface area contributed by atoms with Crippen LogP contribution in [0.4, 0.5) is 5.69 Å². The summed E-state index contributed by atoms with van der Waals surface area (Å²) in [5.74, 6) is -7.91. The predicted octanol–water partition coefficient (Wildman–Crippen LogP) is 6.86. The van der Waals surface area contributed by atoms with Gasteiger partial charge in [-0.05, 0) is 32.8 Å². The van der Waals surface area contributed by atoms with E-state index in [1.807, 2.05) is 13.8 Å². The number of aromatic hydroxyl groups is 2. The minimum atomic E-state index is -2.03. The average Bonchev–Trinajstić information content (AvgIpc) is 3.50. The van der Waals surface area contributed by atoms with E-state index in [9.17, 15) is 39.6 Å². The van der Waals surface area contributed by atoms with Crippen LogP contribution in [0.5, 0.6) is 23.0 Å². The molecule has 15 nitrogen and oxygen atoms in total. The van der Waals surface area contributed by atoms with E-state index in [2.05, 4.69) is 5.32 Å². The molecule has 9 atom stereocenters. The first kappa shape index (κ1) is 49.5. The largest absolute Gasteiger partial charge is 0.507 e. The van der Waals surface area contributed by atoms with Gasteiger partial charge in [0.15, 0.2) is 12.4 Å². The number of methoxy groups -OCH3 is 1. The third kappa shape index (κ3) is 10.7. The van der Waals surface area contributed by atoms with Crippen molar-refractivity contribution in [3.63, 3.8) is 0 Å². The summed E-state index contributed by atoms with van der Waals surface area (Å²) < 4.78 is 30.0. The van der Waals surface area contributed by atoms with Crippen molar-refractivity contribution in [3.05, 3.63) is 53.3 Å². The van der Waals surface area contributed by atoms with Crippen LogP contribution < -0.4 is 14.8 Å². The van der Waals surface area contributed by atoms with Gasteiger partial charge in [-0.3, -0.25) is 19.2 Å². The first-order valence-corrected chi connectivity index (χ1v) is 21.5. The molecule has 0 aliphatic carbocycles. The number of esters is 1. The van der Waals surface area contributed by atoms with Gasteiger partial charge in [0.2, 0.25) is 0 Å². The first-order valence-electron chi connectivity index (χ1n) is 21.5. The van der Waals surface area contributed by atoms with Crippen molar-refractivity contribution in [3.8, 4) is 23.0 Å². The monoisotopic (exact) mass is 866 g/mol. The number of phenolic OH excluding ortho intramolecular Hbond substituents is 2. The van der Waals surface area contributed by atoms with E-state index in [1.165, 1.54) is 59.3 Å². The Hall–Kier alpha value is -5.12. The lowest BCUT2D eigenvalue weighted by Crippen LogP contribution is -2.46. The fraction of sp³-hybridized carbons (Fsp3) is 0.574. The summed E-state index contributed by atoms with van der Waals surface area (Å²) >= 11 is 0. The Labute approximate surface area is 364 Å². The number of Topliss-reactive ketones (excluding diaryl/α,β-unsaturated/α-hetero) is 1. The van der Waals surface area contributed by atoms with Gasteiger partial charge in [0.05, 0.1) is 41.2 Å². The number of amides is 2. The summed E-state index contributed by atoms with van der Waals surface area (Å²) in [7, 11) is 1.44. The van der Waals surface area contributed by atoms with Crippen LogP contribution in [0, 0.1) is 30.6 Å². The molecule has 3 aliphatic heterocycles. The molecule has 2 aromatic rings. The van der Waals surface area contributed by atoms with Crippen molar-refractivity contribution in [1.29, 1.82) is 0 Å². The molecule has 3 aliphatic rings. The molecule has 2 aromatic carbocycles. The molecule has 0 saturated carbocycles. The van der Waals surface area contributed by atoms with Crippen LogP contribution in [-0.2, 0) is 28.6 Å². The quantitative estimate of drug-likeness (QED) is 0.116. The van der Waals surface area contributed by atoms with Gasteiger partial charge in [0.1, 0.15) is 23.4 Å². The number of anilines is 1. The summed E-state index contributed by atoms with van der Waals surface area (Å²) in [6.07, 6.45) is 6.96. The molecule has 5 N–H and O–H groups in total. The maximum Gasteiger partial charge on any atom is 0.312 e. The Morgan fingerprint density at radius 1 is 0.919 bits per heavy atom. The number of rotatable bonds is 11. The number of carbonyl (C=O) groups excluding carboxylic acids is 4. The van der Waals surface area contributed by atoms with Gasteiger partial charge in [-0.25, -0.2) is 0 Å². The van der Waals surface area contributed by atoms with Gasteiger partial charge in [0.25, 0.3) is 17.6 Å². The number of hydrogen-bond acceptors (Lipinski definition) is 13. The molecule has 62 heavy (non-hydrogen) atoms. The first-order chi connectivity index (χ1) is 29.2. The van der Waals surface area contributed by atoms with Crippen molar-refractivity contribution in [2.24, 2.45) is 23.7 Å². The van der Waals surface area contributed by atoms with Gasteiger partial charge in [-0.2, -0.15) is 0 Å². The number of aliphatic hydroxyl groups is 2. The van der Waals surface area contributed by atoms with E-state index in [1.54, 1.807) is 44.7 Å². The van der Waals surface area contributed by atoms with Crippen LogP contribution in [0.3, 0.4) is 0 Å². The van der Waals surface area contributed by atoms with E-state index in [-0.39, 0.29) is 50.6 Å². The standard InChI is InChI=1S/C47H66N2O13/c1-12-14-20-49(21-15-13-2)35(51)24-59-34-23-32-42(55)37-36(34)38-44(30(8)41(37)54)62-47(10,45(38)56)60-22-19-33(58-11)27(5)43(61-31(9)50)29(7)40(53)28(6)39(52)25(3)17-16-18-26(4)46(57)48-32/h16-19,22-23,25,27-29,33,39-40,43,52-55H,12-15,20-21,24H2,1-11H3,(H,48,57)/b17-16+,22-19+,26-18?. The summed E-state index contributed by atoms with van der Waals surface area (Å²) in [6, 6.07) is 1.29. The van der Waals surface area contributed by atoms with E-state index in [0.29, 0.717) is 13.1 Å². The number of phenols is 2. The van der Waals surface area contributed by atoms with Crippen molar-refractivity contribution in [1.82, 2.24) is 4.90 Å². The highest BCUT2D eigenvalue weighted by atomic mass is 16.7. The SMILES string of the molecule is CCCCN(CCCC)C(=O)COc1cc2c(O)c3c(O)c(C)c4c(c13)C(=O)C(C)(O/C=C/C(OC)C(C)C(OC(C)=O)C(C)C(O)C(C)C(O)C(C)/C=C/C=C(C)C(=O)N2)O4. The highest BCUT2D eigenvalue weighted by Crippen LogP contribution is 2.54. The molecule has 0 spiro atoms. The van der Waals surface area contributed by atoms with Gasteiger partial charge < -0.3 is 54.3 Å². The summed E-state index contributed by atoms with van der Waals surface area (Å²) in [5, 5.41) is 48.7. The van der Waals surface area contributed by atoms with Crippen LogP contribution in [0.15, 0.2) is 42.2 Å². The third-order valence-electron chi connectivity index (χ3n) is 12.1. The second kappa shape index (κ2) is 21.3. The number of allylic oxidation sites excluding steroid dienone is 2. The minimum absolute atomic E-state index is 0.0493. The number of hydrogen-bond donors (Lipinski definition) is 5. The van der Waals surface area contributed by atoms with Gasteiger partial charge in [0, 0.05) is 80.3 Å². The van der Waals surface area contributed by atoms with Crippen LogP contribution in [0.2, 0.25) is 0 Å². The molecule has 15 heteroatoms. The lowest BCUT2D eigenvalue weighted by Gasteiger charge is -2.38.